The van der Waals surface area contributed by atoms with E-state index in [2.05, 4.69) is 10.7 Å². The molecule has 2 aliphatic rings. The van der Waals surface area contributed by atoms with Gasteiger partial charge in [-0.3, -0.25) is 39.0 Å². The van der Waals surface area contributed by atoms with Crippen LogP contribution in [0.25, 0.3) is 0 Å². The minimum absolute atomic E-state index is 0.352. The van der Waals surface area contributed by atoms with Crippen LogP contribution in [0.3, 0.4) is 0 Å². The lowest BCUT2D eigenvalue weighted by Crippen LogP contribution is -2.69. The Morgan fingerprint density at radius 1 is 0.621 bits per heavy atom. The van der Waals surface area contributed by atoms with Gasteiger partial charge in [0.15, 0.2) is 48.2 Å². The molecular weight excluding hydrogens is 825 g/mol. The summed E-state index contributed by atoms with van der Waals surface area (Å²) in [6, 6.07) is 3.77. The number of rotatable bonds is 15. The molecule has 3 rings (SSSR count). The summed E-state index contributed by atoms with van der Waals surface area (Å²) in [5, 5.41) is 2.05. The van der Waals surface area contributed by atoms with Gasteiger partial charge in [-0.2, -0.15) is 0 Å². The number of nitrogens with one attached hydrogen (secondary N) is 3. The molecule has 0 spiro atoms. The zero-order chi connectivity index (χ0) is 43.5. The molecule has 2 heterocycles. The van der Waals surface area contributed by atoms with Crippen molar-refractivity contribution in [3.05, 3.63) is 30.1 Å². The van der Waals surface area contributed by atoms with E-state index in [0.717, 1.165) is 72.7 Å². The molecule has 2 aliphatic heterocycles. The molecular formula is C33H42FN3O19S2. The molecule has 0 aromatic heterocycles. The Morgan fingerprint density at radius 2 is 1.05 bits per heavy atom. The van der Waals surface area contributed by atoms with Gasteiger partial charge in [0.2, 0.25) is 0 Å². The molecule has 2 fully saturated rings. The number of thiocarbonyl (C=S) groups is 1. The molecule has 25 heteroatoms. The summed E-state index contributed by atoms with van der Waals surface area (Å²) in [5.74, 6) is -7.14. The Labute approximate surface area is 335 Å². The van der Waals surface area contributed by atoms with Crippen LogP contribution in [0, 0.1) is 5.82 Å². The highest BCUT2D eigenvalue weighted by molar-refractivity contribution is 7.89. The number of benzene rings is 1. The Hall–Kier alpha value is -5.08. The quantitative estimate of drug-likeness (QED) is 0.0834. The van der Waals surface area contributed by atoms with Crippen LogP contribution in [0.2, 0.25) is 0 Å². The Balaban J connectivity index is 2.09. The van der Waals surface area contributed by atoms with Gasteiger partial charge in [-0.25, -0.2) is 12.8 Å². The zero-order valence-corrected chi connectivity index (χ0v) is 33.6. The average Bonchev–Trinajstić information content (AvgIpc) is 3.09. The maximum Gasteiger partial charge on any atom is 0.303 e. The summed E-state index contributed by atoms with van der Waals surface area (Å²) < 4.78 is 94.9. The molecule has 0 radical (unpaired) electrons. The molecule has 3 N–H and O–H groups in total. The smallest absolute Gasteiger partial charge is 0.303 e. The van der Waals surface area contributed by atoms with Crippen molar-refractivity contribution >= 4 is 69.1 Å². The average molecular weight is 868 g/mol. The molecule has 58 heavy (non-hydrogen) atoms. The van der Waals surface area contributed by atoms with Gasteiger partial charge in [0, 0.05) is 48.5 Å². The monoisotopic (exact) mass is 867 g/mol. The van der Waals surface area contributed by atoms with E-state index in [-0.39, 0.29) is 4.90 Å². The first-order valence-corrected chi connectivity index (χ1v) is 18.9. The highest BCUT2D eigenvalue weighted by Crippen LogP contribution is 2.35. The third kappa shape index (κ3) is 14.1. The van der Waals surface area contributed by atoms with E-state index >= 15 is 0 Å². The van der Waals surface area contributed by atoms with E-state index in [9.17, 15) is 46.4 Å². The molecule has 22 nitrogen and oxygen atoms in total. The number of sulfonamides is 1. The zero-order valence-electron chi connectivity index (χ0n) is 31.9. The number of hydrazine groups is 1. The van der Waals surface area contributed by atoms with Crippen molar-refractivity contribution in [1.82, 2.24) is 15.6 Å². The van der Waals surface area contributed by atoms with Crippen molar-refractivity contribution in [2.75, 3.05) is 13.2 Å². The van der Waals surface area contributed by atoms with Gasteiger partial charge < -0.3 is 52.7 Å². The fourth-order valence-electron chi connectivity index (χ4n) is 5.58. The van der Waals surface area contributed by atoms with E-state index in [4.69, 9.17) is 59.6 Å². The van der Waals surface area contributed by atoms with Crippen LogP contribution < -0.4 is 15.6 Å². The third-order valence-electron chi connectivity index (χ3n) is 7.62. The van der Waals surface area contributed by atoms with E-state index in [1.165, 1.54) is 0 Å². The molecule has 1 unspecified atom stereocenters. The van der Waals surface area contributed by atoms with Crippen LogP contribution in [-0.4, -0.2) is 130 Å². The summed E-state index contributed by atoms with van der Waals surface area (Å²) in [6.45, 7) is 5.73. The maximum atomic E-state index is 13.4. The van der Waals surface area contributed by atoms with E-state index in [1.807, 2.05) is 4.83 Å². The van der Waals surface area contributed by atoms with Crippen LogP contribution in [0.4, 0.5) is 4.39 Å². The SMILES string of the molecule is CC(=O)OC[C@H]1O[C@H](O[C@H]2[C@H](OC(C)=O)[C@@H](OC(C)=O)C(NC(=S)NNS(=O)(=O)c3ccc(F)cc3)O[C@@H]2COC(C)=O)[C@H](OC(C)=O)[C@@H](OC(C)=O)[C@@H]1OC(C)=O. The van der Waals surface area contributed by atoms with Crippen molar-refractivity contribution in [2.24, 2.45) is 0 Å². The fraction of sp³-hybridized carbons (Fsp3) is 0.576. The van der Waals surface area contributed by atoms with Gasteiger partial charge in [0.1, 0.15) is 37.3 Å². The van der Waals surface area contributed by atoms with Crippen LogP contribution in [0.5, 0.6) is 0 Å². The van der Waals surface area contributed by atoms with Crippen molar-refractivity contribution in [1.29, 1.82) is 0 Å². The topological polar surface area (TPSA) is 282 Å². The number of carbonyl (C=O) groups is 7. The normalized spacial score (nSPS) is 26.8. The fourth-order valence-corrected chi connectivity index (χ4v) is 6.66. The summed E-state index contributed by atoms with van der Waals surface area (Å²) in [6.07, 6.45) is -16.9. The Morgan fingerprint density at radius 3 is 1.53 bits per heavy atom. The lowest BCUT2D eigenvalue weighted by atomic mass is 9.95. The molecule has 1 aromatic rings. The highest BCUT2D eigenvalue weighted by Gasteiger charge is 2.57. The Bertz CT molecular complexity index is 1820. The Kier molecular flexibility index (Phi) is 17.2. The molecule has 2 saturated heterocycles. The standard InChI is InChI=1S/C33H42FN3O19S2/c1-14(38)47-12-23-26(56-32-30(53-20(7)44)28(51-18(5)42)25(49-16(3)40)24(55-32)13-48-15(2)39)27(50-17(4)41)29(52-19(6)43)31(54-23)35-33(57)36-37-58(45,46)22-10-8-21(34)9-11-22/h8-11,23-32,37H,12-13H2,1-7H3,(H2,35,36,57)/t23-,24-,25-,26-,27+,28+,29-,30-,31?,32-/m1/s1. The van der Waals surface area contributed by atoms with Gasteiger partial charge in [-0.1, -0.05) is 0 Å². The van der Waals surface area contributed by atoms with Crippen LogP contribution in [0.15, 0.2) is 29.2 Å². The first-order valence-electron chi connectivity index (χ1n) is 17.0. The van der Waals surface area contributed by atoms with Crippen molar-refractivity contribution in [3.63, 3.8) is 0 Å². The molecule has 0 saturated carbocycles. The first kappa shape index (κ1) is 47.3. The summed E-state index contributed by atoms with van der Waals surface area (Å²) in [4.78, 5) is 87.5. The van der Waals surface area contributed by atoms with Crippen LogP contribution in [-0.2, 0) is 91.0 Å². The first-order chi connectivity index (χ1) is 27.1. The van der Waals surface area contributed by atoms with Crippen molar-refractivity contribution < 1.29 is 93.7 Å². The van der Waals surface area contributed by atoms with Gasteiger partial charge in [-0.15, -0.1) is 4.83 Å². The maximum absolute atomic E-state index is 13.4. The van der Waals surface area contributed by atoms with E-state index < -0.39 is 137 Å². The van der Waals surface area contributed by atoms with E-state index in [0.29, 0.717) is 0 Å². The molecule has 0 amide bonds. The predicted molar refractivity (Wildman–Crippen MR) is 189 cm³/mol. The van der Waals surface area contributed by atoms with Gasteiger partial charge in [-0.05, 0) is 36.5 Å². The molecule has 10 atom stereocenters. The predicted octanol–water partition coefficient (Wildman–Crippen LogP) is -0.897. The van der Waals surface area contributed by atoms with Crippen molar-refractivity contribution in [2.45, 2.75) is 115 Å². The van der Waals surface area contributed by atoms with Gasteiger partial charge in [0.25, 0.3) is 10.0 Å². The highest BCUT2D eigenvalue weighted by atomic mass is 32.2. The molecule has 1 aromatic carbocycles. The minimum atomic E-state index is -4.34. The number of carbonyl (C=O) groups excluding carboxylic acids is 7. The van der Waals surface area contributed by atoms with E-state index in [1.54, 1.807) is 0 Å². The summed E-state index contributed by atoms with van der Waals surface area (Å²) >= 11 is 5.24. The second kappa shape index (κ2) is 21.1. The minimum Gasteiger partial charge on any atom is -0.463 e. The van der Waals surface area contributed by atoms with Crippen LogP contribution >= 0.6 is 12.2 Å². The third-order valence-corrected chi connectivity index (χ3v) is 9.11. The second-order valence-corrected chi connectivity index (χ2v) is 14.5. The summed E-state index contributed by atoms with van der Waals surface area (Å²) in [7, 11) is -4.34. The number of hydrogen-bond acceptors (Lipinski definition) is 20. The van der Waals surface area contributed by atoms with Gasteiger partial charge in [0.05, 0.1) is 4.90 Å². The van der Waals surface area contributed by atoms with Gasteiger partial charge >= 0.3 is 41.8 Å². The number of halogens is 1. The number of ether oxygens (including phenoxy) is 10. The van der Waals surface area contributed by atoms with Crippen molar-refractivity contribution in [3.8, 4) is 0 Å². The largest absolute Gasteiger partial charge is 0.463 e. The lowest BCUT2D eigenvalue weighted by molar-refractivity contribution is -0.345. The molecule has 322 valence electrons. The summed E-state index contributed by atoms with van der Waals surface area (Å²) in [5.41, 5.74) is 2.20. The number of esters is 7. The number of hydrogen-bond donors (Lipinski definition) is 3. The van der Waals surface area contributed by atoms with Crippen LogP contribution in [0.1, 0.15) is 48.5 Å². The second-order valence-electron chi connectivity index (χ2n) is 12.4. The molecule has 0 aliphatic carbocycles. The lowest BCUT2D eigenvalue weighted by Gasteiger charge is -2.49. The molecule has 0 bridgehead atoms.